The number of rotatable bonds is 3. The SMILES string of the molecule is CCOc1cc(OC)ccc1F. The van der Waals surface area contributed by atoms with Crippen LogP contribution in [0.3, 0.4) is 0 Å². The van der Waals surface area contributed by atoms with E-state index in [1.807, 2.05) is 0 Å². The quantitative estimate of drug-likeness (QED) is 0.692. The number of halogens is 1. The maximum atomic E-state index is 12.9. The van der Waals surface area contributed by atoms with E-state index in [0.29, 0.717) is 12.4 Å². The van der Waals surface area contributed by atoms with Crippen LogP contribution in [-0.4, -0.2) is 13.7 Å². The molecular formula is C9H11FO2. The second-order valence-corrected chi connectivity index (χ2v) is 2.23. The van der Waals surface area contributed by atoms with Crippen LogP contribution >= 0.6 is 0 Å². The van der Waals surface area contributed by atoms with Gasteiger partial charge in [0.15, 0.2) is 11.6 Å². The Bertz CT molecular complexity index is 261. The largest absolute Gasteiger partial charge is 0.497 e. The molecule has 1 rings (SSSR count). The fourth-order valence-corrected chi connectivity index (χ4v) is 0.877. The van der Waals surface area contributed by atoms with Crippen LogP contribution in [0.4, 0.5) is 4.39 Å². The topological polar surface area (TPSA) is 18.5 Å². The van der Waals surface area contributed by atoms with E-state index in [2.05, 4.69) is 0 Å². The minimum absolute atomic E-state index is 0.233. The smallest absolute Gasteiger partial charge is 0.165 e. The van der Waals surface area contributed by atoms with Gasteiger partial charge in [-0.05, 0) is 19.1 Å². The molecule has 2 nitrogen and oxygen atoms in total. The molecule has 3 heteroatoms. The van der Waals surface area contributed by atoms with Gasteiger partial charge in [-0.25, -0.2) is 4.39 Å². The van der Waals surface area contributed by atoms with Crippen LogP contribution in [0, 0.1) is 5.82 Å². The highest BCUT2D eigenvalue weighted by Gasteiger charge is 2.03. The number of ether oxygens (including phenoxy) is 2. The zero-order valence-corrected chi connectivity index (χ0v) is 7.13. The normalized spacial score (nSPS) is 9.58. The van der Waals surface area contributed by atoms with Gasteiger partial charge in [-0.2, -0.15) is 0 Å². The van der Waals surface area contributed by atoms with Gasteiger partial charge < -0.3 is 9.47 Å². The van der Waals surface area contributed by atoms with Gasteiger partial charge in [0.1, 0.15) is 5.75 Å². The molecule has 66 valence electrons. The average molecular weight is 170 g/mol. The molecule has 0 N–H and O–H groups in total. The molecule has 12 heavy (non-hydrogen) atoms. The Morgan fingerprint density at radius 1 is 1.42 bits per heavy atom. The molecule has 0 aliphatic rings. The van der Waals surface area contributed by atoms with Gasteiger partial charge in [0.25, 0.3) is 0 Å². The standard InChI is InChI=1S/C9H11FO2/c1-3-12-9-6-7(11-2)4-5-8(9)10/h4-6H,3H2,1-2H3. The van der Waals surface area contributed by atoms with Crippen molar-refractivity contribution in [3.63, 3.8) is 0 Å². The molecule has 0 amide bonds. The highest BCUT2D eigenvalue weighted by atomic mass is 19.1. The molecule has 0 aliphatic heterocycles. The Hall–Kier alpha value is -1.25. The third kappa shape index (κ3) is 1.87. The van der Waals surface area contributed by atoms with Gasteiger partial charge in [0.05, 0.1) is 13.7 Å². The van der Waals surface area contributed by atoms with Crippen LogP contribution in [0.25, 0.3) is 0 Å². The van der Waals surface area contributed by atoms with E-state index in [0.717, 1.165) is 0 Å². The molecular weight excluding hydrogens is 159 g/mol. The van der Waals surface area contributed by atoms with Crippen molar-refractivity contribution in [1.29, 1.82) is 0 Å². The minimum Gasteiger partial charge on any atom is -0.497 e. The summed E-state index contributed by atoms with van der Waals surface area (Å²) >= 11 is 0. The first-order chi connectivity index (χ1) is 5.77. The maximum absolute atomic E-state index is 12.9. The van der Waals surface area contributed by atoms with Gasteiger partial charge >= 0.3 is 0 Å². The first kappa shape index (κ1) is 8.84. The summed E-state index contributed by atoms with van der Waals surface area (Å²) in [5.74, 6) is 0.467. The van der Waals surface area contributed by atoms with Crippen LogP contribution in [0.15, 0.2) is 18.2 Å². The molecule has 0 spiro atoms. The molecule has 0 atom stereocenters. The summed E-state index contributed by atoms with van der Waals surface area (Å²) in [6.07, 6.45) is 0. The Balaban J connectivity index is 2.91. The van der Waals surface area contributed by atoms with Crippen molar-refractivity contribution in [3.05, 3.63) is 24.0 Å². The minimum atomic E-state index is -0.363. The van der Waals surface area contributed by atoms with Crippen molar-refractivity contribution in [2.24, 2.45) is 0 Å². The van der Waals surface area contributed by atoms with Crippen molar-refractivity contribution < 1.29 is 13.9 Å². The summed E-state index contributed by atoms with van der Waals surface area (Å²) in [6, 6.07) is 4.40. The Morgan fingerprint density at radius 3 is 2.75 bits per heavy atom. The van der Waals surface area contributed by atoms with Gasteiger partial charge in [-0.15, -0.1) is 0 Å². The van der Waals surface area contributed by atoms with E-state index in [9.17, 15) is 4.39 Å². The van der Waals surface area contributed by atoms with E-state index in [1.54, 1.807) is 13.0 Å². The summed E-state index contributed by atoms with van der Waals surface area (Å²) in [4.78, 5) is 0. The lowest BCUT2D eigenvalue weighted by molar-refractivity contribution is 0.317. The van der Waals surface area contributed by atoms with Crippen molar-refractivity contribution in [3.8, 4) is 11.5 Å². The molecule has 0 aromatic heterocycles. The lowest BCUT2D eigenvalue weighted by atomic mass is 10.3. The van der Waals surface area contributed by atoms with E-state index in [-0.39, 0.29) is 11.6 Å². The van der Waals surface area contributed by atoms with Crippen LogP contribution in [0.2, 0.25) is 0 Å². The summed E-state index contributed by atoms with van der Waals surface area (Å²) in [5.41, 5.74) is 0. The van der Waals surface area contributed by atoms with Crippen molar-refractivity contribution in [1.82, 2.24) is 0 Å². The third-order valence-electron chi connectivity index (χ3n) is 1.44. The molecule has 0 heterocycles. The second kappa shape index (κ2) is 3.95. The zero-order valence-electron chi connectivity index (χ0n) is 7.13. The lowest BCUT2D eigenvalue weighted by Crippen LogP contribution is -1.95. The Kier molecular flexibility index (Phi) is 2.91. The number of methoxy groups -OCH3 is 1. The van der Waals surface area contributed by atoms with E-state index < -0.39 is 0 Å². The molecule has 1 aromatic rings. The van der Waals surface area contributed by atoms with Crippen LogP contribution in [-0.2, 0) is 0 Å². The summed E-state index contributed by atoms with van der Waals surface area (Å²) in [5, 5.41) is 0. The van der Waals surface area contributed by atoms with Crippen LogP contribution in [0.5, 0.6) is 11.5 Å². The first-order valence-electron chi connectivity index (χ1n) is 3.74. The number of hydrogen-bond donors (Lipinski definition) is 0. The molecule has 1 aromatic carbocycles. The second-order valence-electron chi connectivity index (χ2n) is 2.23. The fourth-order valence-electron chi connectivity index (χ4n) is 0.877. The molecule has 0 bridgehead atoms. The summed E-state index contributed by atoms with van der Waals surface area (Å²) in [6.45, 7) is 2.25. The first-order valence-corrected chi connectivity index (χ1v) is 3.74. The fraction of sp³-hybridized carbons (Fsp3) is 0.333. The third-order valence-corrected chi connectivity index (χ3v) is 1.44. The van der Waals surface area contributed by atoms with Crippen molar-refractivity contribution >= 4 is 0 Å². The molecule has 0 saturated heterocycles. The Morgan fingerprint density at radius 2 is 2.17 bits per heavy atom. The molecule has 0 saturated carbocycles. The number of hydrogen-bond acceptors (Lipinski definition) is 2. The monoisotopic (exact) mass is 170 g/mol. The van der Waals surface area contributed by atoms with Gasteiger partial charge in [0.2, 0.25) is 0 Å². The van der Waals surface area contributed by atoms with Crippen molar-refractivity contribution in [2.75, 3.05) is 13.7 Å². The predicted molar refractivity (Wildman–Crippen MR) is 44.1 cm³/mol. The molecule has 0 fully saturated rings. The van der Waals surface area contributed by atoms with Crippen molar-refractivity contribution in [2.45, 2.75) is 6.92 Å². The summed E-state index contributed by atoms with van der Waals surface area (Å²) < 4.78 is 22.8. The lowest BCUT2D eigenvalue weighted by Gasteiger charge is -2.05. The van der Waals surface area contributed by atoms with E-state index in [1.165, 1.54) is 19.2 Å². The summed E-state index contributed by atoms with van der Waals surface area (Å²) in [7, 11) is 1.53. The van der Waals surface area contributed by atoms with Gasteiger partial charge in [-0.3, -0.25) is 0 Å². The van der Waals surface area contributed by atoms with Gasteiger partial charge in [0, 0.05) is 6.07 Å². The maximum Gasteiger partial charge on any atom is 0.165 e. The zero-order chi connectivity index (χ0) is 8.97. The highest BCUT2D eigenvalue weighted by Crippen LogP contribution is 2.22. The highest BCUT2D eigenvalue weighted by molar-refractivity contribution is 5.34. The Labute approximate surface area is 70.9 Å². The van der Waals surface area contributed by atoms with E-state index >= 15 is 0 Å². The number of benzene rings is 1. The van der Waals surface area contributed by atoms with Crippen LogP contribution < -0.4 is 9.47 Å². The predicted octanol–water partition coefficient (Wildman–Crippen LogP) is 2.23. The van der Waals surface area contributed by atoms with Crippen LogP contribution in [0.1, 0.15) is 6.92 Å². The van der Waals surface area contributed by atoms with E-state index in [4.69, 9.17) is 9.47 Å². The molecule has 0 aliphatic carbocycles. The molecule has 0 unspecified atom stereocenters. The molecule has 0 radical (unpaired) electrons. The van der Waals surface area contributed by atoms with Gasteiger partial charge in [-0.1, -0.05) is 0 Å². The average Bonchev–Trinajstić information content (AvgIpc) is 2.09.